The van der Waals surface area contributed by atoms with Gasteiger partial charge in [0.1, 0.15) is 11.8 Å². The summed E-state index contributed by atoms with van der Waals surface area (Å²) in [7, 11) is 0. The molecular formula is C29H30BrClN2O3. The fourth-order valence-electron chi connectivity index (χ4n) is 4.49. The lowest BCUT2D eigenvalue weighted by Crippen LogP contribution is -2.53. The second-order valence-corrected chi connectivity index (χ2v) is 10.4. The molecule has 0 unspecified atom stereocenters. The molecule has 0 aliphatic heterocycles. The van der Waals surface area contributed by atoms with E-state index in [2.05, 4.69) is 21.2 Å². The molecule has 0 saturated heterocycles. The van der Waals surface area contributed by atoms with E-state index in [0.29, 0.717) is 23.7 Å². The minimum absolute atomic E-state index is 0.126. The van der Waals surface area contributed by atoms with Gasteiger partial charge in [0.2, 0.25) is 5.91 Å². The monoisotopic (exact) mass is 568 g/mol. The summed E-state index contributed by atoms with van der Waals surface area (Å²) < 4.78 is 6.74. The Labute approximate surface area is 225 Å². The number of nitrogens with zero attached hydrogens (tertiary/aromatic N) is 1. The zero-order valence-corrected chi connectivity index (χ0v) is 22.4. The molecule has 7 heteroatoms. The Morgan fingerprint density at radius 3 is 2.39 bits per heavy atom. The molecule has 5 nitrogen and oxygen atoms in total. The predicted octanol–water partition coefficient (Wildman–Crippen LogP) is 6.18. The van der Waals surface area contributed by atoms with Gasteiger partial charge in [-0.05, 0) is 54.3 Å². The minimum atomic E-state index is -0.674. The lowest BCUT2D eigenvalue weighted by atomic mass is 10.0. The van der Waals surface area contributed by atoms with E-state index in [-0.39, 0.29) is 24.5 Å². The maximum atomic E-state index is 13.6. The van der Waals surface area contributed by atoms with E-state index in [1.54, 1.807) is 29.2 Å². The highest BCUT2D eigenvalue weighted by Crippen LogP contribution is 2.22. The predicted molar refractivity (Wildman–Crippen MR) is 146 cm³/mol. The van der Waals surface area contributed by atoms with Crippen molar-refractivity contribution in [1.82, 2.24) is 10.2 Å². The third-order valence-corrected chi connectivity index (χ3v) is 7.16. The van der Waals surface area contributed by atoms with Gasteiger partial charge >= 0.3 is 0 Å². The molecule has 0 heterocycles. The van der Waals surface area contributed by atoms with Crippen molar-refractivity contribution in [3.8, 4) is 5.75 Å². The number of carbonyl (C=O) groups is 2. The van der Waals surface area contributed by atoms with Crippen LogP contribution in [0.2, 0.25) is 5.02 Å². The molecule has 0 spiro atoms. The van der Waals surface area contributed by atoms with E-state index in [1.165, 1.54) is 0 Å². The molecule has 1 saturated carbocycles. The van der Waals surface area contributed by atoms with Gasteiger partial charge in [-0.3, -0.25) is 9.59 Å². The number of hydrogen-bond acceptors (Lipinski definition) is 3. The highest BCUT2D eigenvalue weighted by molar-refractivity contribution is 9.10. The van der Waals surface area contributed by atoms with Gasteiger partial charge in [-0.1, -0.05) is 88.9 Å². The van der Waals surface area contributed by atoms with Gasteiger partial charge in [0.25, 0.3) is 5.91 Å². The van der Waals surface area contributed by atoms with Crippen molar-refractivity contribution >= 4 is 39.3 Å². The lowest BCUT2D eigenvalue weighted by Gasteiger charge is -2.32. The summed E-state index contributed by atoms with van der Waals surface area (Å²) in [5.74, 6) is 0.119. The summed E-state index contributed by atoms with van der Waals surface area (Å²) in [6, 6.07) is 24.0. The first-order chi connectivity index (χ1) is 17.5. The van der Waals surface area contributed by atoms with Crippen LogP contribution in [0.3, 0.4) is 0 Å². The van der Waals surface area contributed by atoms with Crippen LogP contribution in [0, 0.1) is 0 Å². The maximum Gasteiger partial charge on any atom is 0.261 e. The summed E-state index contributed by atoms with van der Waals surface area (Å²) in [6.45, 7) is 0.0967. The highest BCUT2D eigenvalue weighted by atomic mass is 79.9. The topological polar surface area (TPSA) is 58.6 Å². The number of nitrogens with one attached hydrogen (secondary N) is 1. The molecule has 0 aromatic heterocycles. The van der Waals surface area contributed by atoms with Crippen molar-refractivity contribution in [1.29, 1.82) is 0 Å². The van der Waals surface area contributed by atoms with Gasteiger partial charge in [0, 0.05) is 28.5 Å². The SMILES string of the molecule is O=C(NC1CCCC1)[C@H](Cc1ccccc1)N(Cc1ccc(Br)cc1)C(=O)COc1cccc(Cl)c1. The zero-order chi connectivity index (χ0) is 25.3. The van der Waals surface area contributed by atoms with Gasteiger partial charge in [-0.25, -0.2) is 0 Å². The van der Waals surface area contributed by atoms with Crippen molar-refractivity contribution in [3.63, 3.8) is 0 Å². The second kappa shape index (κ2) is 12.9. The summed E-state index contributed by atoms with van der Waals surface area (Å²) in [4.78, 5) is 28.9. The number of halogens is 2. The smallest absolute Gasteiger partial charge is 0.261 e. The molecule has 2 amide bonds. The minimum Gasteiger partial charge on any atom is -0.484 e. The van der Waals surface area contributed by atoms with Crippen LogP contribution in [0.15, 0.2) is 83.3 Å². The Balaban J connectivity index is 1.60. The van der Waals surface area contributed by atoms with Crippen LogP contribution >= 0.6 is 27.5 Å². The number of rotatable bonds is 10. The molecule has 1 N–H and O–H groups in total. The van der Waals surface area contributed by atoms with Crippen LogP contribution in [-0.4, -0.2) is 35.4 Å². The molecule has 3 aromatic carbocycles. The summed E-state index contributed by atoms with van der Waals surface area (Å²) in [6.07, 6.45) is 4.59. The van der Waals surface area contributed by atoms with Gasteiger partial charge in [0.05, 0.1) is 0 Å². The Kier molecular flexibility index (Phi) is 9.42. The number of carbonyl (C=O) groups excluding carboxylic acids is 2. The van der Waals surface area contributed by atoms with Crippen LogP contribution in [0.5, 0.6) is 5.75 Å². The van der Waals surface area contributed by atoms with E-state index in [9.17, 15) is 9.59 Å². The normalized spacial score (nSPS) is 14.3. The average Bonchev–Trinajstić information content (AvgIpc) is 3.39. The van der Waals surface area contributed by atoms with E-state index >= 15 is 0 Å². The van der Waals surface area contributed by atoms with Crippen molar-refractivity contribution in [3.05, 3.63) is 99.5 Å². The highest BCUT2D eigenvalue weighted by Gasteiger charge is 2.32. The third-order valence-electron chi connectivity index (χ3n) is 6.40. The van der Waals surface area contributed by atoms with Crippen LogP contribution in [-0.2, 0) is 22.6 Å². The van der Waals surface area contributed by atoms with Crippen LogP contribution in [0.1, 0.15) is 36.8 Å². The third kappa shape index (κ3) is 7.58. The molecule has 1 atom stereocenters. The maximum absolute atomic E-state index is 13.6. The Morgan fingerprint density at radius 2 is 1.69 bits per heavy atom. The number of ether oxygens (including phenoxy) is 1. The van der Waals surface area contributed by atoms with E-state index in [0.717, 1.165) is 41.3 Å². The number of benzene rings is 3. The van der Waals surface area contributed by atoms with E-state index in [4.69, 9.17) is 16.3 Å². The average molecular weight is 570 g/mol. The largest absolute Gasteiger partial charge is 0.484 e. The molecule has 3 aromatic rings. The summed E-state index contributed by atoms with van der Waals surface area (Å²) in [5, 5.41) is 3.74. The lowest BCUT2D eigenvalue weighted by molar-refractivity contribution is -0.143. The van der Waals surface area contributed by atoms with Gasteiger partial charge in [-0.15, -0.1) is 0 Å². The molecule has 4 rings (SSSR count). The van der Waals surface area contributed by atoms with Gasteiger partial charge in [0.15, 0.2) is 6.61 Å². The van der Waals surface area contributed by atoms with Crippen molar-refractivity contribution < 1.29 is 14.3 Å². The Hall–Kier alpha value is -2.83. The van der Waals surface area contributed by atoms with E-state index < -0.39 is 6.04 Å². The molecule has 0 bridgehead atoms. The van der Waals surface area contributed by atoms with Crippen LogP contribution in [0.4, 0.5) is 0 Å². The zero-order valence-electron chi connectivity index (χ0n) is 20.0. The van der Waals surface area contributed by atoms with Crippen molar-refractivity contribution in [2.45, 2.75) is 50.7 Å². The summed E-state index contributed by atoms with van der Waals surface area (Å²) >= 11 is 9.54. The van der Waals surface area contributed by atoms with Crippen molar-refractivity contribution in [2.24, 2.45) is 0 Å². The second-order valence-electron chi connectivity index (χ2n) is 9.09. The molecule has 1 aliphatic rings. The molecular weight excluding hydrogens is 540 g/mol. The first-order valence-corrected chi connectivity index (χ1v) is 13.4. The molecule has 36 heavy (non-hydrogen) atoms. The summed E-state index contributed by atoms with van der Waals surface area (Å²) in [5.41, 5.74) is 1.93. The molecule has 1 fully saturated rings. The number of amides is 2. The van der Waals surface area contributed by atoms with Gasteiger partial charge < -0.3 is 15.0 Å². The van der Waals surface area contributed by atoms with Crippen molar-refractivity contribution in [2.75, 3.05) is 6.61 Å². The molecule has 0 radical (unpaired) electrons. The fourth-order valence-corrected chi connectivity index (χ4v) is 4.94. The van der Waals surface area contributed by atoms with Crippen LogP contribution in [0.25, 0.3) is 0 Å². The fraction of sp³-hybridized carbons (Fsp3) is 0.310. The van der Waals surface area contributed by atoms with Gasteiger partial charge in [-0.2, -0.15) is 0 Å². The standard InChI is InChI=1S/C29H30BrClN2O3/c30-23-15-13-22(14-16-23)19-33(28(34)20-36-26-12-6-9-24(31)18-26)27(17-21-7-2-1-3-8-21)29(35)32-25-10-4-5-11-25/h1-3,6-9,12-16,18,25,27H,4-5,10-11,17,19-20H2,(H,32,35)/t27-/m0/s1. The number of hydrogen-bond donors (Lipinski definition) is 1. The quantitative estimate of drug-likeness (QED) is 0.317. The molecule has 188 valence electrons. The first-order valence-electron chi connectivity index (χ1n) is 12.2. The Morgan fingerprint density at radius 1 is 0.972 bits per heavy atom. The first kappa shape index (κ1) is 26.2. The Bertz CT molecular complexity index is 1150. The molecule has 1 aliphatic carbocycles. The van der Waals surface area contributed by atoms with E-state index in [1.807, 2.05) is 54.6 Å². The van der Waals surface area contributed by atoms with Crippen LogP contribution < -0.4 is 10.1 Å².